The molecule has 6 nitrogen and oxygen atoms in total. The summed E-state index contributed by atoms with van der Waals surface area (Å²) in [7, 11) is 1.40. The van der Waals surface area contributed by atoms with Crippen molar-refractivity contribution in [1.82, 2.24) is 10.3 Å². The molecule has 0 aliphatic carbocycles. The maximum Gasteiger partial charge on any atom is 0.328 e. The summed E-state index contributed by atoms with van der Waals surface area (Å²) in [6.07, 6.45) is 2.83. The number of aromatic nitrogens is 1. The monoisotopic (exact) mass is 304 g/mol. The van der Waals surface area contributed by atoms with Gasteiger partial charge in [-0.25, -0.2) is 4.79 Å². The number of benzene rings is 1. The summed E-state index contributed by atoms with van der Waals surface area (Å²) in [6, 6.07) is 4.93. The smallest absolute Gasteiger partial charge is 0.328 e. The minimum absolute atomic E-state index is 0.0606. The first kappa shape index (κ1) is 16.0. The van der Waals surface area contributed by atoms with Crippen molar-refractivity contribution in [2.75, 3.05) is 13.7 Å². The van der Waals surface area contributed by atoms with Gasteiger partial charge in [0, 0.05) is 24.2 Å². The Kier molecular flexibility index (Phi) is 5.16. The highest BCUT2D eigenvalue weighted by atomic mass is 16.5. The highest BCUT2D eigenvalue weighted by Crippen LogP contribution is 2.22. The quantitative estimate of drug-likeness (QED) is 0.722. The van der Waals surface area contributed by atoms with E-state index in [-0.39, 0.29) is 18.9 Å². The minimum atomic E-state index is -1.11. The number of carboxylic acids is 1. The SMILES string of the molecule is CCc1cccc2c(CC(=O)NC(COC)C(=O)O)c[nH]c12. The number of carbonyl (C=O) groups is 2. The van der Waals surface area contributed by atoms with E-state index < -0.39 is 12.0 Å². The zero-order valence-corrected chi connectivity index (χ0v) is 12.7. The van der Waals surface area contributed by atoms with E-state index in [4.69, 9.17) is 9.84 Å². The lowest BCUT2D eigenvalue weighted by Crippen LogP contribution is -2.44. The number of H-pyrrole nitrogens is 1. The van der Waals surface area contributed by atoms with Crippen molar-refractivity contribution in [2.24, 2.45) is 0 Å². The summed E-state index contributed by atoms with van der Waals surface area (Å²) >= 11 is 0. The van der Waals surface area contributed by atoms with Gasteiger partial charge >= 0.3 is 5.97 Å². The van der Waals surface area contributed by atoms with Crippen molar-refractivity contribution >= 4 is 22.8 Å². The third-order valence-corrected chi connectivity index (χ3v) is 3.59. The Balaban J connectivity index is 2.13. The van der Waals surface area contributed by atoms with E-state index in [1.54, 1.807) is 6.20 Å². The van der Waals surface area contributed by atoms with Gasteiger partial charge in [-0.3, -0.25) is 4.79 Å². The van der Waals surface area contributed by atoms with Gasteiger partial charge in [0.05, 0.1) is 13.0 Å². The van der Waals surface area contributed by atoms with Crippen molar-refractivity contribution in [2.45, 2.75) is 25.8 Å². The van der Waals surface area contributed by atoms with E-state index in [0.717, 1.165) is 22.9 Å². The van der Waals surface area contributed by atoms with E-state index in [1.807, 2.05) is 18.2 Å². The molecule has 1 unspecified atom stereocenters. The molecule has 118 valence electrons. The van der Waals surface area contributed by atoms with Gasteiger partial charge in [-0.15, -0.1) is 0 Å². The Morgan fingerprint density at radius 2 is 2.14 bits per heavy atom. The predicted octanol–water partition coefficient (Wildman–Crippen LogP) is 1.49. The minimum Gasteiger partial charge on any atom is -0.480 e. The van der Waals surface area contributed by atoms with Gasteiger partial charge in [-0.1, -0.05) is 25.1 Å². The van der Waals surface area contributed by atoms with Crippen LogP contribution >= 0.6 is 0 Å². The number of hydrogen-bond acceptors (Lipinski definition) is 3. The number of aryl methyl sites for hydroxylation is 1. The molecular weight excluding hydrogens is 284 g/mol. The van der Waals surface area contributed by atoms with Crippen LogP contribution in [0.3, 0.4) is 0 Å². The lowest BCUT2D eigenvalue weighted by Gasteiger charge is -2.13. The second-order valence-corrected chi connectivity index (χ2v) is 5.10. The Labute approximate surface area is 128 Å². The number of aliphatic carboxylic acids is 1. The van der Waals surface area contributed by atoms with Crippen LogP contribution < -0.4 is 5.32 Å². The Morgan fingerprint density at radius 1 is 1.36 bits per heavy atom. The van der Waals surface area contributed by atoms with Crippen LogP contribution in [0.1, 0.15) is 18.1 Å². The molecule has 1 heterocycles. The standard InChI is InChI=1S/C16H20N2O4/c1-3-10-5-4-6-12-11(8-17-15(10)12)7-14(19)18-13(9-22-2)16(20)21/h4-6,8,13,17H,3,7,9H2,1-2H3,(H,18,19)(H,20,21). The molecule has 22 heavy (non-hydrogen) atoms. The number of carbonyl (C=O) groups excluding carboxylic acids is 1. The van der Waals surface area contributed by atoms with Crippen molar-refractivity contribution in [3.05, 3.63) is 35.5 Å². The first-order valence-electron chi connectivity index (χ1n) is 7.15. The number of methoxy groups -OCH3 is 1. The summed E-state index contributed by atoms with van der Waals surface area (Å²) in [6.45, 7) is 2.01. The van der Waals surface area contributed by atoms with Crippen molar-refractivity contribution < 1.29 is 19.4 Å². The summed E-state index contributed by atoms with van der Waals surface area (Å²) in [5.41, 5.74) is 3.07. The zero-order valence-electron chi connectivity index (χ0n) is 12.7. The maximum absolute atomic E-state index is 12.1. The number of nitrogens with one attached hydrogen (secondary N) is 2. The van der Waals surface area contributed by atoms with E-state index in [9.17, 15) is 9.59 Å². The Bertz CT molecular complexity index is 678. The van der Waals surface area contributed by atoms with E-state index in [2.05, 4.69) is 17.2 Å². The number of hydrogen-bond donors (Lipinski definition) is 3. The molecule has 0 radical (unpaired) electrons. The molecule has 3 N–H and O–H groups in total. The number of para-hydroxylation sites is 1. The molecular formula is C16H20N2O4. The number of ether oxygens (including phenoxy) is 1. The van der Waals surface area contributed by atoms with Crippen molar-refractivity contribution in [1.29, 1.82) is 0 Å². The molecule has 0 bridgehead atoms. The highest BCUT2D eigenvalue weighted by molar-refractivity contribution is 5.91. The first-order valence-corrected chi connectivity index (χ1v) is 7.15. The van der Waals surface area contributed by atoms with Crippen molar-refractivity contribution in [3.8, 4) is 0 Å². The van der Waals surface area contributed by atoms with Crippen molar-refractivity contribution in [3.63, 3.8) is 0 Å². The molecule has 1 aromatic heterocycles. The third-order valence-electron chi connectivity index (χ3n) is 3.59. The van der Waals surface area contributed by atoms with Crippen LogP contribution in [0.15, 0.2) is 24.4 Å². The second kappa shape index (κ2) is 7.09. The molecule has 6 heteroatoms. The van der Waals surface area contributed by atoms with Crippen LogP contribution in [0.4, 0.5) is 0 Å². The molecule has 1 aromatic carbocycles. The van der Waals surface area contributed by atoms with Crippen LogP contribution in [0, 0.1) is 0 Å². The van der Waals surface area contributed by atoms with E-state index in [0.29, 0.717) is 0 Å². The molecule has 0 aliphatic rings. The fourth-order valence-corrected chi connectivity index (χ4v) is 2.48. The Hall–Kier alpha value is -2.34. The predicted molar refractivity (Wildman–Crippen MR) is 82.8 cm³/mol. The second-order valence-electron chi connectivity index (χ2n) is 5.10. The fraction of sp³-hybridized carbons (Fsp3) is 0.375. The lowest BCUT2D eigenvalue weighted by atomic mass is 10.1. The molecule has 1 atom stereocenters. The topological polar surface area (TPSA) is 91.4 Å². The van der Waals surface area contributed by atoms with Gasteiger partial charge in [-0.05, 0) is 17.5 Å². The summed E-state index contributed by atoms with van der Waals surface area (Å²) in [5, 5.41) is 12.5. The van der Waals surface area contributed by atoms with Crippen LogP contribution in [0.2, 0.25) is 0 Å². The normalized spacial score (nSPS) is 12.3. The largest absolute Gasteiger partial charge is 0.480 e. The molecule has 0 aliphatic heterocycles. The van der Waals surface area contributed by atoms with Gasteiger partial charge < -0.3 is 20.1 Å². The number of amides is 1. The zero-order chi connectivity index (χ0) is 16.1. The molecule has 0 saturated heterocycles. The summed E-state index contributed by atoms with van der Waals surface area (Å²) in [5.74, 6) is -1.45. The fourth-order valence-electron chi connectivity index (χ4n) is 2.48. The van der Waals surface area contributed by atoms with Crippen LogP contribution in [0.5, 0.6) is 0 Å². The van der Waals surface area contributed by atoms with Gasteiger partial charge in [0.25, 0.3) is 0 Å². The average molecular weight is 304 g/mol. The number of fused-ring (bicyclic) bond motifs is 1. The van der Waals surface area contributed by atoms with Gasteiger partial charge in [0.1, 0.15) is 0 Å². The first-order chi connectivity index (χ1) is 10.6. The van der Waals surface area contributed by atoms with Crippen LogP contribution in [-0.4, -0.2) is 41.7 Å². The Morgan fingerprint density at radius 3 is 2.77 bits per heavy atom. The molecule has 0 saturated carbocycles. The number of rotatable bonds is 7. The van der Waals surface area contributed by atoms with Gasteiger partial charge in [0.15, 0.2) is 6.04 Å². The maximum atomic E-state index is 12.1. The average Bonchev–Trinajstić information content (AvgIpc) is 2.89. The van der Waals surface area contributed by atoms with E-state index >= 15 is 0 Å². The molecule has 2 rings (SSSR count). The third kappa shape index (κ3) is 3.46. The molecule has 2 aromatic rings. The number of aromatic amines is 1. The van der Waals surface area contributed by atoms with Crippen LogP contribution in [-0.2, 0) is 27.2 Å². The molecule has 0 spiro atoms. The highest BCUT2D eigenvalue weighted by Gasteiger charge is 2.20. The van der Waals surface area contributed by atoms with Gasteiger partial charge in [-0.2, -0.15) is 0 Å². The van der Waals surface area contributed by atoms with Gasteiger partial charge in [0.2, 0.25) is 5.91 Å². The number of carboxylic acid groups (broad SMARTS) is 1. The molecule has 1 amide bonds. The lowest BCUT2D eigenvalue weighted by molar-refractivity contribution is -0.143. The summed E-state index contributed by atoms with van der Waals surface area (Å²) < 4.78 is 4.80. The molecule has 0 fully saturated rings. The summed E-state index contributed by atoms with van der Waals surface area (Å²) in [4.78, 5) is 26.3. The van der Waals surface area contributed by atoms with Crippen LogP contribution in [0.25, 0.3) is 10.9 Å². The van der Waals surface area contributed by atoms with E-state index in [1.165, 1.54) is 12.7 Å².